The molecular formula is C39H46N12O4. The summed E-state index contributed by atoms with van der Waals surface area (Å²) in [6.45, 7) is 5.34. The molecule has 7 heterocycles. The second kappa shape index (κ2) is 13.8. The van der Waals surface area contributed by atoms with Gasteiger partial charge in [0.05, 0.1) is 28.6 Å². The zero-order chi connectivity index (χ0) is 38.0. The van der Waals surface area contributed by atoms with Gasteiger partial charge in [0.2, 0.25) is 17.8 Å². The number of pyridine rings is 1. The van der Waals surface area contributed by atoms with Crippen LogP contribution in [-0.4, -0.2) is 116 Å². The highest BCUT2D eigenvalue weighted by Gasteiger charge is 2.37. The van der Waals surface area contributed by atoms with Crippen LogP contribution >= 0.6 is 0 Å². The topological polar surface area (TPSA) is 159 Å². The van der Waals surface area contributed by atoms with Gasteiger partial charge >= 0.3 is 5.69 Å². The van der Waals surface area contributed by atoms with Gasteiger partial charge in [-0.3, -0.25) is 33.7 Å². The average Bonchev–Trinajstić information content (AvgIpc) is 3.89. The van der Waals surface area contributed by atoms with Crippen LogP contribution in [0.2, 0.25) is 0 Å². The van der Waals surface area contributed by atoms with Crippen LogP contribution < -0.4 is 26.1 Å². The molecule has 5 aromatic rings. The number of aromatic nitrogens is 6. The molecule has 3 saturated heterocycles. The Balaban J connectivity index is 0.828. The number of piperazine rings is 1. The number of rotatable bonds is 8. The summed E-state index contributed by atoms with van der Waals surface area (Å²) in [5.74, 6) is 0.343. The SMILES string of the molecule is CN(C)C(=O)c1cc2cnc(Nc3ccc(N4CCN(C5CN(c6cccc7c6n(C)c(=O)n7[C@H]6CCC(=O)NC6=O)C5)CC4)cn3)nc2n1C1CCCC1. The Kier molecular flexibility index (Phi) is 8.79. The van der Waals surface area contributed by atoms with Gasteiger partial charge in [-0.2, -0.15) is 4.98 Å². The fourth-order valence-corrected chi connectivity index (χ4v) is 8.89. The number of hydrogen-bond acceptors (Lipinski definition) is 11. The van der Waals surface area contributed by atoms with E-state index in [1.54, 1.807) is 41.4 Å². The number of amides is 3. The van der Waals surface area contributed by atoms with Crippen molar-refractivity contribution < 1.29 is 14.4 Å². The third kappa shape index (κ3) is 6.17. The zero-order valence-electron chi connectivity index (χ0n) is 31.4. The monoisotopic (exact) mass is 746 g/mol. The summed E-state index contributed by atoms with van der Waals surface area (Å²) in [4.78, 5) is 73.8. The highest BCUT2D eigenvalue weighted by Crippen LogP contribution is 2.36. The minimum Gasteiger partial charge on any atom is -0.368 e. The molecule has 2 N–H and O–H groups in total. The Morgan fingerprint density at radius 3 is 2.38 bits per heavy atom. The molecule has 0 radical (unpaired) electrons. The van der Waals surface area contributed by atoms with Crippen LogP contribution in [0.15, 0.2) is 53.6 Å². The molecule has 1 aromatic carbocycles. The van der Waals surface area contributed by atoms with E-state index in [1.165, 1.54) is 0 Å². The minimum atomic E-state index is -0.702. The number of nitrogens with one attached hydrogen (secondary N) is 2. The van der Waals surface area contributed by atoms with E-state index in [4.69, 9.17) is 9.97 Å². The quantitative estimate of drug-likeness (QED) is 0.225. The third-order valence-electron chi connectivity index (χ3n) is 11.9. The van der Waals surface area contributed by atoms with Crippen LogP contribution in [0.25, 0.3) is 22.1 Å². The Bertz CT molecular complexity index is 2360. The average molecular weight is 747 g/mol. The number of para-hydroxylation sites is 1. The predicted octanol–water partition coefficient (Wildman–Crippen LogP) is 3.03. The fourth-order valence-electron chi connectivity index (χ4n) is 8.89. The molecule has 9 rings (SSSR count). The van der Waals surface area contributed by atoms with Crippen molar-refractivity contribution in [2.45, 2.75) is 56.7 Å². The number of imide groups is 1. The van der Waals surface area contributed by atoms with Gasteiger partial charge in [0, 0.05) is 90.5 Å². The van der Waals surface area contributed by atoms with Crippen molar-refractivity contribution >= 4 is 62.9 Å². The molecule has 16 heteroatoms. The van der Waals surface area contributed by atoms with E-state index in [0.717, 1.165) is 92.9 Å². The van der Waals surface area contributed by atoms with Crippen molar-refractivity contribution in [2.24, 2.45) is 7.05 Å². The van der Waals surface area contributed by atoms with Crippen molar-refractivity contribution in [3.05, 3.63) is 65.0 Å². The van der Waals surface area contributed by atoms with Gasteiger partial charge in [-0.1, -0.05) is 18.9 Å². The van der Waals surface area contributed by atoms with Crippen molar-refractivity contribution in [1.82, 2.24) is 43.8 Å². The lowest BCUT2D eigenvalue weighted by Crippen LogP contribution is -2.63. The first-order chi connectivity index (χ1) is 26.6. The lowest BCUT2D eigenvalue weighted by molar-refractivity contribution is -0.135. The number of imidazole rings is 1. The highest BCUT2D eigenvalue weighted by molar-refractivity contribution is 6.01. The molecule has 0 unspecified atom stereocenters. The highest BCUT2D eigenvalue weighted by atomic mass is 16.2. The summed E-state index contributed by atoms with van der Waals surface area (Å²) < 4.78 is 5.28. The maximum atomic E-state index is 13.4. The van der Waals surface area contributed by atoms with E-state index in [1.807, 2.05) is 36.5 Å². The molecule has 4 aromatic heterocycles. The Hall–Kier alpha value is -5.77. The van der Waals surface area contributed by atoms with Crippen LogP contribution in [0.4, 0.5) is 23.1 Å². The lowest BCUT2D eigenvalue weighted by atomic mass is 10.0. The van der Waals surface area contributed by atoms with Crippen LogP contribution in [0, 0.1) is 0 Å². The lowest BCUT2D eigenvalue weighted by Gasteiger charge is -2.49. The van der Waals surface area contributed by atoms with Crippen LogP contribution in [0.1, 0.15) is 61.1 Å². The number of carbonyl (C=O) groups excluding carboxylic acids is 3. The number of piperidine rings is 1. The molecule has 4 aliphatic rings. The standard InChI is InChI=1S/C39H46N12O4/c1-45(2)37(54)31-19-24-20-41-38(44-35(24)50(31)25-7-4-5-8-25)42-32-13-11-26(21-40-32)47-15-17-48(18-16-47)27-22-49(23-27)28-9-6-10-29-34(28)46(3)39(55)51(29)30-12-14-33(52)43-36(30)53/h6,9-11,13,19-21,25,27,30H,4-5,7-8,12,14-18,22-23H2,1-3H3,(H,43,52,53)(H,40,41,42,44)/t30-/m0/s1. The molecule has 1 saturated carbocycles. The smallest absolute Gasteiger partial charge is 0.329 e. The number of anilines is 4. The Morgan fingerprint density at radius 1 is 0.891 bits per heavy atom. The largest absolute Gasteiger partial charge is 0.368 e. The second-order valence-electron chi connectivity index (χ2n) is 15.4. The molecule has 0 spiro atoms. The van der Waals surface area contributed by atoms with Gasteiger partial charge in [-0.05, 0) is 49.6 Å². The van der Waals surface area contributed by atoms with E-state index in [9.17, 15) is 19.2 Å². The van der Waals surface area contributed by atoms with E-state index in [2.05, 4.69) is 41.0 Å². The van der Waals surface area contributed by atoms with Crippen molar-refractivity contribution in [1.29, 1.82) is 0 Å². The van der Waals surface area contributed by atoms with Crippen LogP contribution in [0.3, 0.4) is 0 Å². The Labute approximate surface area is 317 Å². The molecule has 55 heavy (non-hydrogen) atoms. The van der Waals surface area contributed by atoms with E-state index in [-0.39, 0.29) is 30.0 Å². The van der Waals surface area contributed by atoms with Gasteiger partial charge in [-0.25, -0.2) is 14.8 Å². The first-order valence-electron chi connectivity index (χ1n) is 19.2. The normalized spacial score (nSPS) is 20.0. The maximum absolute atomic E-state index is 13.4. The number of fused-ring (bicyclic) bond motifs is 2. The zero-order valence-corrected chi connectivity index (χ0v) is 31.4. The van der Waals surface area contributed by atoms with Gasteiger partial charge < -0.3 is 24.6 Å². The number of aryl methyl sites for hydroxylation is 1. The van der Waals surface area contributed by atoms with Crippen molar-refractivity contribution in [2.75, 3.05) is 68.5 Å². The fraction of sp³-hybridized carbons (Fsp3) is 0.462. The molecule has 1 atom stereocenters. The summed E-state index contributed by atoms with van der Waals surface area (Å²) >= 11 is 0. The van der Waals surface area contributed by atoms with Gasteiger partial charge in [-0.15, -0.1) is 0 Å². The summed E-state index contributed by atoms with van der Waals surface area (Å²) in [5.41, 5.74) is 4.73. The van der Waals surface area contributed by atoms with Gasteiger partial charge in [0.15, 0.2) is 0 Å². The van der Waals surface area contributed by atoms with E-state index < -0.39 is 11.9 Å². The molecule has 286 valence electrons. The van der Waals surface area contributed by atoms with E-state index in [0.29, 0.717) is 35.4 Å². The van der Waals surface area contributed by atoms with Gasteiger partial charge in [0.25, 0.3) is 5.91 Å². The van der Waals surface area contributed by atoms with E-state index >= 15 is 0 Å². The van der Waals surface area contributed by atoms with Crippen LogP contribution in [0.5, 0.6) is 0 Å². The van der Waals surface area contributed by atoms with Gasteiger partial charge in [0.1, 0.15) is 23.2 Å². The Morgan fingerprint density at radius 2 is 1.67 bits per heavy atom. The summed E-state index contributed by atoms with van der Waals surface area (Å²) in [5, 5.41) is 6.52. The molecule has 3 aliphatic heterocycles. The first-order valence-corrected chi connectivity index (χ1v) is 19.2. The summed E-state index contributed by atoms with van der Waals surface area (Å²) in [6.07, 6.45) is 8.56. The summed E-state index contributed by atoms with van der Waals surface area (Å²) in [7, 11) is 5.30. The second-order valence-corrected chi connectivity index (χ2v) is 15.4. The first kappa shape index (κ1) is 35.0. The number of benzene rings is 1. The third-order valence-corrected chi connectivity index (χ3v) is 11.9. The minimum absolute atomic E-state index is 0.0319. The van der Waals surface area contributed by atoms with Crippen molar-refractivity contribution in [3.63, 3.8) is 0 Å². The molecular weight excluding hydrogens is 701 g/mol. The molecule has 1 aliphatic carbocycles. The number of nitrogens with zero attached hydrogens (tertiary/aromatic N) is 10. The predicted molar refractivity (Wildman–Crippen MR) is 209 cm³/mol. The number of carbonyl (C=O) groups is 3. The summed E-state index contributed by atoms with van der Waals surface area (Å²) in [6, 6.07) is 11.8. The number of hydrogen-bond donors (Lipinski definition) is 2. The molecule has 0 bridgehead atoms. The molecule has 3 amide bonds. The molecule has 4 fully saturated rings. The maximum Gasteiger partial charge on any atom is 0.329 e. The van der Waals surface area contributed by atoms with Crippen molar-refractivity contribution in [3.8, 4) is 0 Å². The van der Waals surface area contributed by atoms with Crippen LogP contribution in [-0.2, 0) is 16.6 Å². The molecule has 16 nitrogen and oxygen atoms in total.